The van der Waals surface area contributed by atoms with E-state index in [2.05, 4.69) is 28.5 Å². The smallest absolute Gasteiger partial charge is 0.253 e. The Morgan fingerprint density at radius 3 is 2.65 bits per heavy atom. The molecule has 0 bridgehead atoms. The molecule has 0 unspecified atom stereocenters. The Morgan fingerprint density at radius 1 is 1.03 bits per heavy atom. The number of halogens is 1. The van der Waals surface area contributed by atoms with Crippen LogP contribution >= 0.6 is 0 Å². The van der Waals surface area contributed by atoms with Gasteiger partial charge in [0.25, 0.3) is 5.91 Å². The van der Waals surface area contributed by atoms with Gasteiger partial charge in [-0.3, -0.25) is 9.78 Å². The van der Waals surface area contributed by atoms with Crippen molar-refractivity contribution in [2.75, 3.05) is 18.4 Å². The normalized spacial score (nSPS) is 14.1. The van der Waals surface area contributed by atoms with Crippen molar-refractivity contribution in [3.8, 4) is 17.2 Å². The number of amides is 1. The molecule has 0 aliphatic carbocycles. The molecule has 1 N–H and O–H groups in total. The Kier molecular flexibility index (Phi) is 5.92. The quantitative estimate of drug-likeness (QED) is 0.438. The second-order valence-electron chi connectivity index (χ2n) is 8.53. The molecule has 1 aromatic heterocycles. The van der Waals surface area contributed by atoms with E-state index in [1.54, 1.807) is 29.3 Å². The first kappa shape index (κ1) is 21.6. The van der Waals surface area contributed by atoms with Gasteiger partial charge in [-0.25, -0.2) is 4.39 Å². The molecule has 1 amide bonds. The summed E-state index contributed by atoms with van der Waals surface area (Å²) >= 11 is 0. The van der Waals surface area contributed by atoms with Gasteiger partial charge in [0, 0.05) is 48.2 Å². The third-order valence-electron chi connectivity index (χ3n) is 6.29. The van der Waals surface area contributed by atoms with Crippen molar-refractivity contribution in [3.63, 3.8) is 0 Å². The van der Waals surface area contributed by atoms with E-state index in [9.17, 15) is 14.4 Å². The van der Waals surface area contributed by atoms with E-state index in [4.69, 9.17) is 0 Å². The zero-order valence-electron chi connectivity index (χ0n) is 18.5. The number of nitriles is 1. The average Bonchev–Trinajstić information content (AvgIpc) is 2.88. The standard InChI is InChI=1S/C28H23FN4O/c29-24-6-2-5-22(15-24)28(34)33-11-8-25(9-12-33)32-27-16-23(14-21-7-10-31-18-26(21)27)20-4-1-3-19(13-20)17-30/h1-7,10,13-16,18,25,32H,8-9,11-12H2. The molecule has 1 saturated heterocycles. The van der Waals surface area contributed by atoms with Gasteiger partial charge in [0.2, 0.25) is 0 Å². The molecule has 34 heavy (non-hydrogen) atoms. The third-order valence-corrected chi connectivity index (χ3v) is 6.29. The molecule has 6 heteroatoms. The van der Waals surface area contributed by atoms with Crippen LogP contribution in [0.2, 0.25) is 0 Å². The van der Waals surface area contributed by atoms with Crippen molar-refractivity contribution in [1.29, 1.82) is 5.26 Å². The lowest BCUT2D eigenvalue weighted by Gasteiger charge is -2.33. The van der Waals surface area contributed by atoms with Gasteiger partial charge >= 0.3 is 0 Å². The zero-order chi connectivity index (χ0) is 23.5. The molecular weight excluding hydrogens is 427 g/mol. The summed E-state index contributed by atoms with van der Waals surface area (Å²) in [6.07, 6.45) is 5.21. The fourth-order valence-electron chi connectivity index (χ4n) is 4.50. The lowest BCUT2D eigenvalue weighted by atomic mass is 9.98. The summed E-state index contributed by atoms with van der Waals surface area (Å²) in [5.74, 6) is -0.532. The van der Waals surface area contributed by atoms with Crippen LogP contribution < -0.4 is 5.32 Å². The van der Waals surface area contributed by atoms with Crippen molar-refractivity contribution in [2.24, 2.45) is 0 Å². The van der Waals surface area contributed by atoms with E-state index in [1.165, 1.54) is 12.1 Å². The Balaban J connectivity index is 1.36. The van der Waals surface area contributed by atoms with Crippen LogP contribution in [0.15, 0.2) is 79.1 Å². The minimum Gasteiger partial charge on any atom is -0.382 e. The Morgan fingerprint density at radius 2 is 1.85 bits per heavy atom. The van der Waals surface area contributed by atoms with E-state index in [0.29, 0.717) is 24.2 Å². The summed E-state index contributed by atoms with van der Waals surface area (Å²) in [6.45, 7) is 1.21. The summed E-state index contributed by atoms with van der Waals surface area (Å²) in [6, 6.07) is 22.0. The number of nitrogens with one attached hydrogen (secondary N) is 1. The predicted octanol–water partition coefficient (Wildman–Crippen LogP) is 5.63. The van der Waals surface area contributed by atoms with Crippen molar-refractivity contribution in [2.45, 2.75) is 18.9 Å². The lowest BCUT2D eigenvalue weighted by Crippen LogP contribution is -2.42. The maximum absolute atomic E-state index is 13.5. The third kappa shape index (κ3) is 4.46. The fourth-order valence-corrected chi connectivity index (χ4v) is 4.50. The SMILES string of the molecule is N#Cc1cccc(-c2cc(NC3CCN(C(=O)c4cccc(F)c4)CC3)c3cnccc3c2)c1. The van der Waals surface area contributed by atoms with Crippen molar-refractivity contribution >= 4 is 22.4 Å². The van der Waals surface area contributed by atoms with Gasteiger partial charge in [-0.1, -0.05) is 18.2 Å². The van der Waals surface area contributed by atoms with Crippen LogP contribution in [-0.2, 0) is 0 Å². The first-order valence-corrected chi connectivity index (χ1v) is 11.3. The molecule has 5 rings (SSSR count). The maximum atomic E-state index is 13.5. The largest absolute Gasteiger partial charge is 0.382 e. The van der Waals surface area contributed by atoms with Crippen LogP contribution in [-0.4, -0.2) is 34.9 Å². The molecule has 0 spiro atoms. The molecule has 5 nitrogen and oxygen atoms in total. The number of nitrogens with zero attached hydrogens (tertiary/aromatic N) is 3. The molecule has 1 aliphatic heterocycles. The number of carbonyl (C=O) groups excluding carboxylic acids is 1. The van der Waals surface area contributed by atoms with E-state index in [0.717, 1.165) is 40.4 Å². The minimum atomic E-state index is -0.400. The number of pyridine rings is 1. The number of benzene rings is 3. The monoisotopic (exact) mass is 450 g/mol. The van der Waals surface area contributed by atoms with Crippen LogP contribution in [0, 0.1) is 17.1 Å². The molecule has 0 atom stereocenters. The summed E-state index contributed by atoms with van der Waals surface area (Å²) in [4.78, 5) is 18.8. The van der Waals surface area contributed by atoms with E-state index < -0.39 is 5.82 Å². The molecule has 0 radical (unpaired) electrons. The fraction of sp³-hybridized carbons (Fsp3) is 0.179. The van der Waals surface area contributed by atoms with Gasteiger partial charge in [-0.05, 0) is 77.9 Å². The van der Waals surface area contributed by atoms with Gasteiger partial charge in [-0.15, -0.1) is 0 Å². The highest BCUT2D eigenvalue weighted by molar-refractivity contribution is 5.97. The summed E-state index contributed by atoms with van der Waals surface area (Å²) < 4.78 is 13.5. The van der Waals surface area contributed by atoms with Crippen molar-refractivity contribution in [3.05, 3.63) is 96.1 Å². The molecule has 1 fully saturated rings. The van der Waals surface area contributed by atoms with Crippen LogP contribution in [0.4, 0.5) is 10.1 Å². The summed E-state index contributed by atoms with van der Waals surface area (Å²) in [5.41, 5.74) is 4.00. The highest BCUT2D eigenvalue weighted by Gasteiger charge is 2.24. The van der Waals surface area contributed by atoms with Gasteiger partial charge in [0.05, 0.1) is 11.6 Å². The van der Waals surface area contributed by atoms with Crippen LogP contribution in [0.1, 0.15) is 28.8 Å². The summed E-state index contributed by atoms with van der Waals surface area (Å²) in [7, 11) is 0. The van der Waals surface area contributed by atoms with Gasteiger partial charge in [0.15, 0.2) is 0 Å². The Labute approximate surface area is 197 Å². The van der Waals surface area contributed by atoms with Crippen LogP contribution in [0.3, 0.4) is 0 Å². The lowest BCUT2D eigenvalue weighted by molar-refractivity contribution is 0.0718. The summed E-state index contributed by atoms with van der Waals surface area (Å²) in [5, 5.41) is 15.0. The van der Waals surface area contributed by atoms with Crippen molar-refractivity contribution in [1.82, 2.24) is 9.88 Å². The van der Waals surface area contributed by atoms with Crippen molar-refractivity contribution < 1.29 is 9.18 Å². The van der Waals surface area contributed by atoms with Crippen LogP contribution in [0.5, 0.6) is 0 Å². The number of likely N-dealkylation sites (tertiary alicyclic amines) is 1. The van der Waals surface area contributed by atoms with E-state index in [-0.39, 0.29) is 11.9 Å². The molecule has 2 heterocycles. The van der Waals surface area contributed by atoms with Gasteiger partial charge in [0.1, 0.15) is 5.82 Å². The second-order valence-corrected chi connectivity index (χ2v) is 8.53. The number of aromatic nitrogens is 1. The molecule has 4 aromatic rings. The first-order valence-electron chi connectivity index (χ1n) is 11.3. The van der Waals surface area contributed by atoms with Gasteiger partial charge < -0.3 is 10.2 Å². The van der Waals surface area contributed by atoms with E-state index >= 15 is 0 Å². The number of piperidine rings is 1. The second kappa shape index (κ2) is 9.32. The number of carbonyl (C=O) groups is 1. The molecule has 3 aromatic carbocycles. The molecule has 0 saturated carbocycles. The minimum absolute atomic E-state index is 0.132. The number of hydrogen-bond donors (Lipinski definition) is 1. The number of anilines is 1. The first-order chi connectivity index (χ1) is 16.6. The maximum Gasteiger partial charge on any atom is 0.253 e. The Bertz CT molecular complexity index is 1400. The molecular formula is C28H23FN4O. The molecule has 1 aliphatic rings. The number of hydrogen-bond acceptors (Lipinski definition) is 4. The Hall–Kier alpha value is -4.24. The van der Waals surface area contributed by atoms with E-state index in [1.807, 2.05) is 30.5 Å². The number of fused-ring (bicyclic) bond motifs is 1. The highest BCUT2D eigenvalue weighted by atomic mass is 19.1. The average molecular weight is 451 g/mol. The predicted molar refractivity (Wildman–Crippen MR) is 131 cm³/mol. The number of rotatable bonds is 4. The van der Waals surface area contributed by atoms with Crippen LogP contribution in [0.25, 0.3) is 21.9 Å². The van der Waals surface area contributed by atoms with Gasteiger partial charge in [-0.2, -0.15) is 5.26 Å². The topological polar surface area (TPSA) is 69.0 Å². The zero-order valence-corrected chi connectivity index (χ0v) is 18.5. The highest BCUT2D eigenvalue weighted by Crippen LogP contribution is 2.32. The molecule has 168 valence electrons.